The number of esters is 2. The Bertz CT molecular complexity index is 1160. The van der Waals surface area contributed by atoms with E-state index in [4.69, 9.17) is 9.47 Å². The Morgan fingerprint density at radius 1 is 0.426 bits per heavy atom. The Balaban J connectivity index is 3.71. The highest BCUT2D eigenvalue weighted by molar-refractivity contribution is 5.70. The van der Waals surface area contributed by atoms with Gasteiger partial charge in [0.1, 0.15) is 6.61 Å². The van der Waals surface area contributed by atoms with E-state index in [0.29, 0.717) is 12.8 Å². The number of aliphatic hydroxyl groups is 1. The first-order chi connectivity index (χ1) is 26.6. The summed E-state index contributed by atoms with van der Waals surface area (Å²) in [6.07, 6.45) is 64.0. The predicted molar refractivity (Wildman–Crippen MR) is 232 cm³/mol. The molecule has 1 unspecified atom stereocenters. The number of unbranched alkanes of at least 4 members (excludes halogenated alkanes) is 8. The topological polar surface area (TPSA) is 72.8 Å². The number of aliphatic hydroxyl groups excluding tert-OH is 1. The summed E-state index contributed by atoms with van der Waals surface area (Å²) in [4.78, 5) is 24.3. The van der Waals surface area contributed by atoms with Crippen molar-refractivity contribution in [3.8, 4) is 0 Å². The fraction of sp³-hybridized carbons (Fsp3) is 0.551. The molecule has 0 amide bonds. The Morgan fingerprint density at radius 3 is 1.09 bits per heavy atom. The van der Waals surface area contributed by atoms with Crippen molar-refractivity contribution in [2.24, 2.45) is 0 Å². The van der Waals surface area contributed by atoms with Gasteiger partial charge in [0.2, 0.25) is 0 Å². The van der Waals surface area contributed by atoms with Gasteiger partial charge in [-0.05, 0) is 103 Å². The maximum absolute atomic E-state index is 12.2. The summed E-state index contributed by atoms with van der Waals surface area (Å²) in [5, 5.41) is 9.58. The highest BCUT2D eigenvalue weighted by Crippen LogP contribution is 2.10. The molecule has 0 aliphatic carbocycles. The van der Waals surface area contributed by atoms with Crippen LogP contribution in [-0.2, 0) is 19.1 Å². The first kappa shape index (κ1) is 50.3. The van der Waals surface area contributed by atoms with E-state index >= 15 is 0 Å². The van der Waals surface area contributed by atoms with Gasteiger partial charge < -0.3 is 14.6 Å². The van der Waals surface area contributed by atoms with Crippen LogP contribution in [0.3, 0.4) is 0 Å². The standard InChI is InChI=1S/C49H76O5/c1-3-5-7-9-11-13-15-17-19-21-22-23-24-25-26-28-30-32-34-36-38-40-42-44-49(52)54-47(45-50)46-53-48(51)43-41-39-37-35-33-31-29-27-20-18-16-14-12-10-8-6-4-2/h5-8,11-14,17-20,22-23,25-26,29-32,47,50H,3-4,9-10,15-16,21,24,27-28,33-46H2,1-2H3/b7-5-,8-6-,13-11-,14-12-,19-17-,20-18-,23-22-,26-25-,31-29-,32-30-. The molecule has 0 saturated carbocycles. The molecule has 0 aromatic rings. The zero-order valence-electron chi connectivity index (χ0n) is 34.2. The summed E-state index contributed by atoms with van der Waals surface area (Å²) < 4.78 is 10.6. The number of carbonyl (C=O) groups excluding carboxylic acids is 2. The van der Waals surface area contributed by atoms with Crippen molar-refractivity contribution in [2.45, 2.75) is 161 Å². The minimum atomic E-state index is -0.805. The molecule has 0 heterocycles. The molecule has 0 aliphatic heterocycles. The fourth-order valence-electron chi connectivity index (χ4n) is 5.13. The molecule has 0 spiro atoms. The van der Waals surface area contributed by atoms with Gasteiger partial charge in [0.15, 0.2) is 6.10 Å². The number of carbonyl (C=O) groups is 2. The van der Waals surface area contributed by atoms with Crippen LogP contribution in [0.15, 0.2) is 122 Å². The third-order valence-electron chi connectivity index (χ3n) is 8.25. The predicted octanol–water partition coefficient (Wildman–Crippen LogP) is 13.6. The molecule has 1 N–H and O–H groups in total. The van der Waals surface area contributed by atoms with E-state index in [2.05, 4.69) is 135 Å². The molecule has 0 aromatic carbocycles. The van der Waals surface area contributed by atoms with E-state index in [1.807, 2.05) is 0 Å². The van der Waals surface area contributed by atoms with E-state index in [9.17, 15) is 14.7 Å². The molecule has 0 rings (SSSR count). The van der Waals surface area contributed by atoms with Crippen LogP contribution >= 0.6 is 0 Å². The van der Waals surface area contributed by atoms with Crippen LogP contribution in [0.5, 0.6) is 0 Å². The highest BCUT2D eigenvalue weighted by Gasteiger charge is 2.16. The van der Waals surface area contributed by atoms with Gasteiger partial charge >= 0.3 is 11.9 Å². The van der Waals surface area contributed by atoms with E-state index in [1.165, 1.54) is 0 Å². The molecule has 0 radical (unpaired) electrons. The lowest BCUT2D eigenvalue weighted by molar-refractivity contribution is -0.161. The molecular formula is C49H76O5. The third-order valence-corrected chi connectivity index (χ3v) is 8.25. The maximum atomic E-state index is 12.2. The Morgan fingerprint density at radius 2 is 0.741 bits per heavy atom. The average molecular weight is 745 g/mol. The Kier molecular flexibility index (Phi) is 40.7. The smallest absolute Gasteiger partial charge is 0.306 e. The second kappa shape index (κ2) is 43.7. The molecule has 54 heavy (non-hydrogen) atoms. The SMILES string of the molecule is CC/C=C\C/C=C\C/C=C\C/C=C\C/C=C\C/C=C\CCCCCCC(=O)OC(CO)COC(=O)CCCCCC/C=C\C/C=C\C/C=C\C/C=C\CC. The van der Waals surface area contributed by atoms with Crippen molar-refractivity contribution in [1.82, 2.24) is 0 Å². The molecule has 0 aromatic heterocycles. The fourth-order valence-corrected chi connectivity index (χ4v) is 5.13. The lowest BCUT2D eigenvalue weighted by Gasteiger charge is -2.15. The monoisotopic (exact) mass is 745 g/mol. The minimum absolute atomic E-state index is 0.0984. The number of allylic oxidation sites excluding steroid dienone is 20. The van der Waals surface area contributed by atoms with Crippen LogP contribution in [0.4, 0.5) is 0 Å². The number of hydrogen-bond donors (Lipinski definition) is 1. The molecule has 5 heteroatoms. The van der Waals surface area contributed by atoms with Crippen LogP contribution in [0.25, 0.3) is 0 Å². The summed E-state index contributed by atoms with van der Waals surface area (Å²) >= 11 is 0. The first-order valence-corrected chi connectivity index (χ1v) is 21.1. The molecule has 302 valence electrons. The summed E-state index contributed by atoms with van der Waals surface area (Å²) in [7, 11) is 0. The normalized spacial score (nSPS) is 13.5. The van der Waals surface area contributed by atoms with Gasteiger partial charge in [-0.3, -0.25) is 9.59 Å². The van der Waals surface area contributed by atoms with E-state index in [-0.39, 0.29) is 25.2 Å². The van der Waals surface area contributed by atoms with Gasteiger partial charge in [0.05, 0.1) is 6.61 Å². The summed E-state index contributed by atoms with van der Waals surface area (Å²) in [6.45, 7) is 3.84. The van der Waals surface area contributed by atoms with Crippen LogP contribution in [0, 0.1) is 0 Å². The largest absolute Gasteiger partial charge is 0.462 e. The average Bonchev–Trinajstić information content (AvgIpc) is 3.17. The molecule has 1 atom stereocenters. The van der Waals surface area contributed by atoms with E-state index in [1.54, 1.807) is 0 Å². The zero-order chi connectivity index (χ0) is 39.3. The second-order valence-corrected chi connectivity index (χ2v) is 13.3. The van der Waals surface area contributed by atoms with Crippen molar-refractivity contribution in [3.05, 3.63) is 122 Å². The minimum Gasteiger partial charge on any atom is -0.462 e. The van der Waals surface area contributed by atoms with Crippen molar-refractivity contribution < 1.29 is 24.2 Å². The lowest BCUT2D eigenvalue weighted by atomic mass is 10.1. The number of hydrogen-bond acceptors (Lipinski definition) is 5. The van der Waals surface area contributed by atoms with Crippen LogP contribution in [0.2, 0.25) is 0 Å². The molecule has 5 nitrogen and oxygen atoms in total. The summed E-state index contributed by atoms with van der Waals surface area (Å²) in [6, 6.07) is 0. The molecule has 0 saturated heterocycles. The maximum Gasteiger partial charge on any atom is 0.306 e. The molecule has 0 fully saturated rings. The second-order valence-electron chi connectivity index (χ2n) is 13.3. The molecular weight excluding hydrogens is 669 g/mol. The van der Waals surface area contributed by atoms with E-state index < -0.39 is 6.10 Å². The van der Waals surface area contributed by atoms with Crippen LogP contribution in [0.1, 0.15) is 155 Å². The van der Waals surface area contributed by atoms with Crippen molar-refractivity contribution in [2.75, 3.05) is 13.2 Å². The van der Waals surface area contributed by atoms with Crippen molar-refractivity contribution >= 4 is 11.9 Å². The molecule has 0 bridgehead atoms. The van der Waals surface area contributed by atoms with Gasteiger partial charge in [-0.25, -0.2) is 0 Å². The number of ether oxygens (including phenoxy) is 2. The Labute approximate surface area is 331 Å². The number of rotatable bonds is 36. The van der Waals surface area contributed by atoms with Gasteiger partial charge in [-0.2, -0.15) is 0 Å². The van der Waals surface area contributed by atoms with Crippen LogP contribution < -0.4 is 0 Å². The van der Waals surface area contributed by atoms with Crippen molar-refractivity contribution in [1.29, 1.82) is 0 Å². The third kappa shape index (κ3) is 41.1. The quantitative estimate of drug-likeness (QED) is 0.0393. The van der Waals surface area contributed by atoms with Gasteiger partial charge in [0, 0.05) is 12.8 Å². The zero-order valence-corrected chi connectivity index (χ0v) is 34.2. The Hall–Kier alpha value is -3.70. The van der Waals surface area contributed by atoms with Crippen molar-refractivity contribution in [3.63, 3.8) is 0 Å². The highest BCUT2D eigenvalue weighted by atomic mass is 16.6. The summed E-state index contributed by atoms with van der Waals surface area (Å²) in [5.74, 6) is -0.661. The van der Waals surface area contributed by atoms with Gasteiger partial charge in [-0.1, -0.05) is 161 Å². The van der Waals surface area contributed by atoms with E-state index in [0.717, 1.165) is 128 Å². The van der Waals surface area contributed by atoms with Gasteiger partial charge in [-0.15, -0.1) is 0 Å². The summed E-state index contributed by atoms with van der Waals surface area (Å²) in [5.41, 5.74) is 0. The molecule has 0 aliphatic rings. The van der Waals surface area contributed by atoms with Gasteiger partial charge in [0.25, 0.3) is 0 Å². The van der Waals surface area contributed by atoms with Crippen LogP contribution in [-0.4, -0.2) is 36.4 Å². The first-order valence-electron chi connectivity index (χ1n) is 21.1. The lowest BCUT2D eigenvalue weighted by Crippen LogP contribution is -2.28.